The van der Waals surface area contributed by atoms with E-state index in [1.165, 1.54) is 0 Å². The normalized spacial score (nSPS) is 11.1. The first kappa shape index (κ1) is 23.3. The van der Waals surface area contributed by atoms with Gasteiger partial charge in [0.15, 0.2) is 5.78 Å². The molecular formula is C28H29NO2S. The van der Waals surface area contributed by atoms with Gasteiger partial charge in [-0.15, -0.1) is 11.3 Å². The van der Waals surface area contributed by atoms with Crippen LogP contribution < -0.4 is 10.1 Å². The molecule has 4 heteroatoms. The van der Waals surface area contributed by atoms with Crippen molar-refractivity contribution >= 4 is 40.2 Å². The van der Waals surface area contributed by atoms with Gasteiger partial charge >= 0.3 is 0 Å². The highest BCUT2D eigenvalue weighted by molar-refractivity contribution is 7.12. The fraction of sp³-hybridized carbons (Fsp3) is 0.179. The molecule has 0 radical (unpaired) electrons. The Morgan fingerprint density at radius 3 is 2.62 bits per heavy atom. The summed E-state index contributed by atoms with van der Waals surface area (Å²) in [6.07, 6.45) is 5.10. The number of nitrogens with one attached hydrogen (secondary N) is 1. The number of benzene rings is 2. The van der Waals surface area contributed by atoms with Crippen LogP contribution in [0.1, 0.15) is 48.3 Å². The predicted molar refractivity (Wildman–Crippen MR) is 138 cm³/mol. The zero-order valence-electron chi connectivity index (χ0n) is 18.7. The molecule has 0 unspecified atom stereocenters. The summed E-state index contributed by atoms with van der Waals surface area (Å²) >= 11 is 1.57. The number of allylic oxidation sites excluding steroid dienone is 2. The molecule has 3 aromatic rings. The van der Waals surface area contributed by atoms with Crippen LogP contribution in [0, 0.1) is 0 Å². The molecule has 0 saturated heterocycles. The summed E-state index contributed by atoms with van der Waals surface area (Å²) < 4.78 is 6.08. The first-order chi connectivity index (χ1) is 15.6. The van der Waals surface area contributed by atoms with Crippen molar-refractivity contribution in [1.82, 2.24) is 0 Å². The lowest BCUT2D eigenvalue weighted by molar-refractivity contribution is -0.113. The van der Waals surface area contributed by atoms with Crippen molar-refractivity contribution in [3.63, 3.8) is 0 Å². The van der Waals surface area contributed by atoms with Crippen molar-refractivity contribution in [1.29, 1.82) is 0 Å². The van der Waals surface area contributed by atoms with Crippen LogP contribution in [0.3, 0.4) is 0 Å². The van der Waals surface area contributed by atoms with E-state index in [9.17, 15) is 4.79 Å². The number of carbonyl (C=O) groups excluding carboxylic acids is 1. The Hall–Kier alpha value is -3.37. The molecule has 0 amide bonds. The van der Waals surface area contributed by atoms with E-state index in [4.69, 9.17) is 4.74 Å². The Kier molecular flexibility index (Phi) is 8.23. The molecule has 3 nitrogen and oxygen atoms in total. The minimum absolute atomic E-state index is 0.171. The van der Waals surface area contributed by atoms with Crippen molar-refractivity contribution in [3.05, 3.63) is 101 Å². The van der Waals surface area contributed by atoms with E-state index in [1.807, 2.05) is 80.6 Å². The lowest BCUT2D eigenvalue weighted by Crippen LogP contribution is -2.02. The number of carbonyl (C=O) groups is 1. The molecule has 1 heterocycles. The fourth-order valence-electron chi connectivity index (χ4n) is 3.44. The molecule has 1 N–H and O–H groups in total. The van der Waals surface area contributed by atoms with E-state index in [0.29, 0.717) is 13.0 Å². The molecule has 0 fully saturated rings. The average Bonchev–Trinajstić information content (AvgIpc) is 3.21. The summed E-state index contributed by atoms with van der Waals surface area (Å²) in [6.45, 7) is 12.4. The molecule has 0 atom stereocenters. The van der Waals surface area contributed by atoms with Crippen LogP contribution in [-0.2, 0) is 11.4 Å². The first-order valence-electron chi connectivity index (χ1n) is 10.7. The standard InChI is InChI=1S/C28H29NO2S/c1-5-12-27(30)26(7-3)28-25(6-2)22(19-32-28)18-31-24-16-11-15-23(17-24)29-20(4)21-13-9-8-10-14-21/h6-11,13-17,19,29H,2,4-5,12,18H2,1,3H3/b26-7-. The molecule has 0 saturated carbocycles. The lowest BCUT2D eigenvalue weighted by atomic mass is 10.0. The third kappa shape index (κ3) is 5.65. The Morgan fingerprint density at radius 2 is 1.94 bits per heavy atom. The van der Waals surface area contributed by atoms with Gasteiger partial charge in [0.2, 0.25) is 0 Å². The van der Waals surface area contributed by atoms with Gasteiger partial charge in [-0.05, 0) is 42.0 Å². The summed E-state index contributed by atoms with van der Waals surface area (Å²) in [5.74, 6) is 0.928. The highest BCUT2D eigenvalue weighted by atomic mass is 32.1. The third-order valence-electron chi connectivity index (χ3n) is 5.07. The van der Waals surface area contributed by atoms with E-state index in [2.05, 4.69) is 23.9 Å². The van der Waals surface area contributed by atoms with Crippen LogP contribution in [-0.4, -0.2) is 5.78 Å². The summed E-state index contributed by atoms with van der Waals surface area (Å²) in [5.41, 5.74) is 5.54. The molecule has 0 aliphatic heterocycles. The Morgan fingerprint density at radius 1 is 1.16 bits per heavy atom. The van der Waals surface area contributed by atoms with Gasteiger partial charge in [-0.25, -0.2) is 0 Å². The third-order valence-corrected chi connectivity index (χ3v) is 6.15. The lowest BCUT2D eigenvalue weighted by Gasteiger charge is -2.12. The van der Waals surface area contributed by atoms with Crippen molar-refractivity contribution in [3.8, 4) is 5.75 Å². The van der Waals surface area contributed by atoms with Gasteiger partial charge in [-0.1, -0.05) is 68.6 Å². The topological polar surface area (TPSA) is 38.3 Å². The molecule has 32 heavy (non-hydrogen) atoms. The van der Waals surface area contributed by atoms with Crippen LogP contribution in [0.4, 0.5) is 5.69 Å². The van der Waals surface area contributed by atoms with Crippen molar-refractivity contribution in [2.75, 3.05) is 5.32 Å². The monoisotopic (exact) mass is 443 g/mol. The van der Waals surface area contributed by atoms with Crippen molar-refractivity contribution in [2.24, 2.45) is 0 Å². The second-order valence-electron chi connectivity index (χ2n) is 7.37. The molecular weight excluding hydrogens is 414 g/mol. The second-order valence-corrected chi connectivity index (χ2v) is 8.25. The van der Waals surface area contributed by atoms with Crippen molar-refractivity contribution < 1.29 is 9.53 Å². The van der Waals surface area contributed by atoms with E-state index < -0.39 is 0 Å². The summed E-state index contributed by atoms with van der Waals surface area (Å²) in [5, 5.41) is 5.39. The molecule has 0 aliphatic carbocycles. The molecule has 164 valence electrons. The molecule has 2 aromatic carbocycles. The average molecular weight is 444 g/mol. The number of hydrogen-bond donors (Lipinski definition) is 1. The van der Waals surface area contributed by atoms with Gasteiger partial charge in [0, 0.05) is 39.9 Å². The smallest absolute Gasteiger partial charge is 0.163 e. The largest absolute Gasteiger partial charge is 0.489 e. The van der Waals surface area contributed by atoms with Crippen LogP contribution in [0.5, 0.6) is 5.75 Å². The molecule has 1 aromatic heterocycles. The minimum atomic E-state index is 0.171. The highest BCUT2D eigenvalue weighted by Crippen LogP contribution is 2.33. The molecule has 0 spiro atoms. The number of ether oxygens (including phenoxy) is 1. The van der Waals surface area contributed by atoms with E-state index >= 15 is 0 Å². The number of rotatable bonds is 11. The maximum absolute atomic E-state index is 12.5. The van der Waals surface area contributed by atoms with Crippen LogP contribution in [0.2, 0.25) is 0 Å². The van der Waals surface area contributed by atoms with Gasteiger partial charge in [-0.2, -0.15) is 0 Å². The first-order valence-corrected chi connectivity index (χ1v) is 11.6. The van der Waals surface area contributed by atoms with Gasteiger partial charge in [-0.3, -0.25) is 4.79 Å². The molecule has 0 bridgehead atoms. The maximum Gasteiger partial charge on any atom is 0.163 e. The summed E-state index contributed by atoms with van der Waals surface area (Å²) in [6, 6.07) is 17.8. The maximum atomic E-state index is 12.5. The second kappa shape index (κ2) is 11.3. The van der Waals surface area contributed by atoms with E-state index in [-0.39, 0.29) is 5.78 Å². The van der Waals surface area contributed by atoms with Crippen molar-refractivity contribution in [2.45, 2.75) is 33.3 Å². The number of Topliss-reactive ketones (excluding diaryl/α,β-unsaturated/α-hetero) is 1. The number of hydrogen-bond acceptors (Lipinski definition) is 4. The zero-order valence-corrected chi connectivity index (χ0v) is 19.5. The highest BCUT2D eigenvalue weighted by Gasteiger charge is 2.18. The van der Waals surface area contributed by atoms with Crippen LogP contribution in [0.15, 0.2) is 79.2 Å². The van der Waals surface area contributed by atoms with Gasteiger partial charge in [0.05, 0.1) is 0 Å². The van der Waals surface area contributed by atoms with Gasteiger partial charge < -0.3 is 10.1 Å². The van der Waals surface area contributed by atoms with E-state index in [1.54, 1.807) is 11.3 Å². The van der Waals surface area contributed by atoms with Crippen LogP contribution in [0.25, 0.3) is 17.3 Å². The number of thiophene rings is 1. The zero-order chi connectivity index (χ0) is 22.9. The Bertz CT molecular complexity index is 1130. The molecule has 0 aliphatic rings. The quantitative estimate of drug-likeness (QED) is 0.307. The molecule has 3 rings (SSSR count). The predicted octanol–water partition coefficient (Wildman–Crippen LogP) is 7.83. The number of anilines is 1. The van der Waals surface area contributed by atoms with Crippen LogP contribution >= 0.6 is 11.3 Å². The summed E-state index contributed by atoms with van der Waals surface area (Å²) in [4.78, 5) is 13.5. The van der Waals surface area contributed by atoms with Gasteiger partial charge in [0.1, 0.15) is 12.4 Å². The number of ketones is 1. The Labute approximate surface area is 194 Å². The van der Waals surface area contributed by atoms with Gasteiger partial charge in [0.25, 0.3) is 0 Å². The Balaban J connectivity index is 1.71. The van der Waals surface area contributed by atoms with E-state index in [0.717, 1.165) is 50.7 Å². The summed E-state index contributed by atoms with van der Waals surface area (Å²) in [7, 11) is 0. The minimum Gasteiger partial charge on any atom is -0.489 e. The SMILES string of the molecule is C=Cc1c(COc2cccc(NC(=C)c3ccccc3)c2)csc1/C(=C\C)C(=O)CCC. The fourth-order valence-corrected chi connectivity index (χ4v) is 4.59.